The summed E-state index contributed by atoms with van der Waals surface area (Å²) in [7, 11) is 0. The Balaban J connectivity index is 2.74. The fourth-order valence-electron chi connectivity index (χ4n) is 0.746. The molecule has 0 aliphatic carbocycles. The Morgan fingerprint density at radius 2 is 2.18 bits per heavy atom. The number of unbranched alkanes of at least 4 members (excludes halogenated alkanes) is 2. The van der Waals surface area contributed by atoms with Crippen molar-refractivity contribution in [3.63, 3.8) is 0 Å². The number of hydrogen-bond acceptors (Lipinski definition) is 2. The third kappa shape index (κ3) is 9.43. The van der Waals surface area contributed by atoms with E-state index in [1.807, 2.05) is 0 Å². The largest absolute Gasteiger partial charge is 0.380 e. The van der Waals surface area contributed by atoms with Crippen LogP contribution in [0, 0.1) is 0 Å². The smallest absolute Gasteiger partial charge is 0.207 e. The Kier molecular flexibility index (Phi) is 8.94. The summed E-state index contributed by atoms with van der Waals surface area (Å²) in [6.07, 6.45) is 4.25. The van der Waals surface area contributed by atoms with E-state index in [4.69, 9.17) is 4.74 Å². The topological polar surface area (TPSA) is 38.3 Å². The summed E-state index contributed by atoms with van der Waals surface area (Å²) < 4.78 is 5.22. The van der Waals surface area contributed by atoms with Crippen LogP contribution in [0.15, 0.2) is 0 Å². The van der Waals surface area contributed by atoms with Crippen LogP contribution >= 0.6 is 0 Å². The van der Waals surface area contributed by atoms with E-state index in [1.54, 1.807) is 0 Å². The zero-order valence-electron chi connectivity index (χ0n) is 7.14. The van der Waals surface area contributed by atoms with Crippen LogP contribution in [-0.2, 0) is 9.53 Å². The SMILES string of the molecule is CCCCCOCCNC=O. The minimum Gasteiger partial charge on any atom is -0.380 e. The van der Waals surface area contributed by atoms with Gasteiger partial charge in [0.1, 0.15) is 0 Å². The number of carbonyl (C=O) groups excluding carboxylic acids is 1. The molecule has 11 heavy (non-hydrogen) atoms. The van der Waals surface area contributed by atoms with E-state index in [0.717, 1.165) is 13.0 Å². The second-order valence-corrected chi connectivity index (χ2v) is 2.39. The van der Waals surface area contributed by atoms with Crippen LogP contribution < -0.4 is 5.32 Å². The van der Waals surface area contributed by atoms with Gasteiger partial charge in [-0.05, 0) is 6.42 Å². The summed E-state index contributed by atoms with van der Waals surface area (Å²) in [6.45, 7) is 4.22. The van der Waals surface area contributed by atoms with Gasteiger partial charge in [0.15, 0.2) is 0 Å². The van der Waals surface area contributed by atoms with Crippen molar-refractivity contribution in [1.82, 2.24) is 5.32 Å². The first-order chi connectivity index (χ1) is 5.41. The van der Waals surface area contributed by atoms with Gasteiger partial charge in [0.05, 0.1) is 6.61 Å². The highest BCUT2D eigenvalue weighted by Crippen LogP contribution is 1.93. The summed E-state index contributed by atoms with van der Waals surface area (Å²) in [6, 6.07) is 0. The van der Waals surface area contributed by atoms with E-state index in [-0.39, 0.29) is 0 Å². The van der Waals surface area contributed by atoms with E-state index in [0.29, 0.717) is 19.6 Å². The zero-order valence-corrected chi connectivity index (χ0v) is 7.14. The third-order valence-electron chi connectivity index (χ3n) is 1.37. The number of carbonyl (C=O) groups is 1. The molecule has 0 bridgehead atoms. The summed E-state index contributed by atoms with van der Waals surface area (Å²) in [5.74, 6) is 0. The van der Waals surface area contributed by atoms with Crippen LogP contribution in [0.4, 0.5) is 0 Å². The van der Waals surface area contributed by atoms with Gasteiger partial charge >= 0.3 is 0 Å². The average Bonchev–Trinajstić information content (AvgIpc) is 2.03. The Morgan fingerprint density at radius 1 is 1.36 bits per heavy atom. The number of rotatable bonds is 8. The van der Waals surface area contributed by atoms with E-state index >= 15 is 0 Å². The van der Waals surface area contributed by atoms with Crippen LogP contribution in [0.3, 0.4) is 0 Å². The highest BCUT2D eigenvalue weighted by Gasteiger charge is 1.87. The number of amides is 1. The van der Waals surface area contributed by atoms with Gasteiger partial charge in [-0.1, -0.05) is 19.8 Å². The summed E-state index contributed by atoms with van der Waals surface area (Å²) in [5.41, 5.74) is 0. The lowest BCUT2D eigenvalue weighted by Gasteiger charge is -2.01. The van der Waals surface area contributed by atoms with Crippen molar-refractivity contribution >= 4 is 6.41 Å². The maximum atomic E-state index is 9.77. The zero-order chi connectivity index (χ0) is 8.36. The molecule has 0 aliphatic rings. The fourth-order valence-corrected chi connectivity index (χ4v) is 0.746. The molecular formula is C8H17NO2. The number of hydrogen-bond donors (Lipinski definition) is 1. The Labute approximate surface area is 68.1 Å². The second-order valence-electron chi connectivity index (χ2n) is 2.39. The van der Waals surface area contributed by atoms with Gasteiger partial charge in [-0.3, -0.25) is 4.79 Å². The van der Waals surface area contributed by atoms with Crippen molar-refractivity contribution in [2.45, 2.75) is 26.2 Å². The monoisotopic (exact) mass is 159 g/mol. The number of ether oxygens (including phenoxy) is 1. The van der Waals surface area contributed by atoms with Gasteiger partial charge in [0.2, 0.25) is 6.41 Å². The first kappa shape index (κ1) is 10.4. The molecular weight excluding hydrogens is 142 g/mol. The molecule has 0 radical (unpaired) electrons. The van der Waals surface area contributed by atoms with Crippen LogP contribution in [0.2, 0.25) is 0 Å². The van der Waals surface area contributed by atoms with Crippen molar-refractivity contribution in [3.05, 3.63) is 0 Å². The van der Waals surface area contributed by atoms with Crippen LogP contribution in [0.1, 0.15) is 26.2 Å². The minimum atomic E-state index is 0.621. The molecule has 0 saturated carbocycles. The first-order valence-corrected chi connectivity index (χ1v) is 4.16. The molecule has 3 heteroatoms. The molecule has 1 amide bonds. The van der Waals surface area contributed by atoms with Crippen molar-refractivity contribution < 1.29 is 9.53 Å². The van der Waals surface area contributed by atoms with Gasteiger partial charge < -0.3 is 10.1 Å². The normalized spacial score (nSPS) is 9.55. The van der Waals surface area contributed by atoms with Crippen molar-refractivity contribution in [2.24, 2.45) is 0 Å². The number of nitrogens with one attached hydrogen (secondary N) is 1. The lowest BCUT2D eigenvalue weighted by atomic mass is 10.3. The molecule has 0 aromatic rings. The molecule has 0 saturated heterocycles. The molecule has 0 rings (SSSR count). The summed E-state index contributed by atoms with van der Waals surface area (Å²) in [5, 5.41) is 2.53. The molecule has 0 aromatic heterocycles. The van der Waals surface area contributed by atoms with Gasteiger partial charge in [-0.15, -0.1) is 0 Å². The molecule has 0 atom stereocenters. The lowest BCUT2D eigenvalue weighted by molar-refractivity contribution is -0.109. The van der Waals surface area contributed by atoms with E-state index < -0.39 is 0 Å². The highest BCUT2D eigenvalue weighted by molar-refractivity contribution is 5.45. The fraction of sp³-hybridized carbons (Fsp3) is 0.875. The van der Waals surface area contributed by atoms with E-state index in [9.17, 15) is 4.79 Å². The van der Waals surface area contributed by atoms with Crippen molar-refractivity contribution in [3.8, 4) is 0 Å². The average molecular weight is 159 g/mol. The molecule has 66 valence electrons. The molecule has 0 spiro atoms. The molecule has 0 aliphatic heterocycles. The van der Waals surface area contributed by atoms with Gasteiger partial charge in [0.25, 0.3) is 0 Å². The summed E-state index contributed by atoms with van der Waals surface area (Å²) >= 11 is 0. The van der Waals surface area contributed by atoms with Gasteiger partial charge in [-0.2, -0.15) is 0 Å². The third-order valence-corrected chi connectivity index (χ3v) is 1.37. The predicted molar refractivity (Wildman–Crippen MR) is 44.4 cm³/mol. The predicted octanol–water partition coefficient (Wildman–Crippen LogP) is 0.939. The van der Waals surface area contributed by atoms with Crippen LogP contribution in [0.5, 0.6) is 0 Å². The van der Waals surface area contributed by atoms with Crippen LogP contribution in [-0.4, -0.2) is 26.2 Å². The Hall–Kier alpha value is -0.570. The molecule has 3 nitrogen and oxygen atoms in total. The Morgan fingerprint density at radius 3 is 2.82 bits per heavy atom. The van der Waals surface area contributed by atoms with Gasteiger partial charge in [0, 0.05) is 13.2 Å². The highest BCUT2D eigenvalue weighted by atomic mass is 16.5. The standard InChI is InChI=1S/C8H17NO2/c1-2-3-4-6-11-7-5-9-8-10/h8H,2-7H2,1H3,(H,9,10). The van der Waals surface area contributed by atoms with Crippen molar-refractivity contribution in [2.75, 3.05) is 19.8 Å². The maximum Gasteiger partial charge on any atom is 0.207 e. The molecule has 0 fully saturated rings. The van der Waals surface area contributed by atoms with E-state index in [1.165, 1.54) is 12.8 Å². The second kappa shape index (κ2) is 9.43. The quantitative estimate of drug-likeness (QED) is 0.423. The first-order valence-electron chi connectivity index (χ1n) is 4.16. The van der Waals surface area contributed by atoms with Gasteiger partial charge in [-0.25, -0.2) is 0 Å². The molecule has 1 N–H and O–H groups in total. The minimum absolute atomic E-state index is 0.621. The Bertz CT molecular complexity index is 86.2. The van der Waals surface area contributed by atoms with Crippen LogP contribution in [0.25, 0.3) is 0 Å². The molecule has 0 aromatic carbocycles. The maximum absolute atomic E-state index is 9.77. The molecule has 0 heterocycles. The molecule has 0 unspecified atom stereocenters. The lowest BCUT2D eigenvalue weighted by Crippen LogP contribution is -2.17. The van der Waals surface area contributed by atoms with E-state index in [2.05, 4.69) is 12.2 Å². The summed E-state index contributed by atoms with van der Waals surface area (Å²) in [4.78, 5) is 9.77. The van der Waals surface area contributed by atoms with Crippen molar-refractivity contribution in [1.29, 1.82) is 0 Å².